The summed E-state index contributed by atoms with van der Waals surface area (Å²) >= 11 is 7.36. The fourth-order valence-electron chi connectivity index (χ4n) is 3.47. The van der Waals surface area contributed by atoms with E-state index in [0.717, 1.165) is 11.3 Å². The molecule has 3 heterocycles. The molecule has 0 amide bonds. The maximum absolute atomic E-state index is 5.93. The average Bonchev–Trinajstić information content (AvgIpc) is 3.31. The minimum absolute atomic E-state index is 0.0688. The molecule has 0 aliphatic heterocycles. The third-order valence-corrected chi connectivity index (χ3v) is 6.44. The molecule has 1 aromatic carbocycles. The molecule has 0 spiro atoms. The van der Waals surface area contributed by atoms with Gasteiger partial charge in [-0.25, -0.2) is 15.0 Å². The van der Waals surface area contributed by atoms with E-state index in [1.54, 1.807) is 39.8 Å². The molecule has 0 aliphatic carbocycles. The highest BCUT2D eigenvalue weighted by molar-refractivity contribution is 8.01. The normalized spacial score (nSPS) is 12.7. The first-order valence-electron chi connectivity index (χ1n) is 11.0. The van der Waals surface area contributed by atoms with E-state index in [1.165, 1.54) is 11.9 Å². The zero-order valence-corrected chi connectivity index (χ0v) is 21.8. The van der Waals surface area contributed by atoms with E-state index >= 15 is 0 Å². The molecule has 1 unspecified atom stereocenters. The predicted molar refractivity (Wildman–Crippen MR) is 139 cm³/mol. The average molecular weight is 528 g/mol. The number of benzene rings is 1. The Kier molecular flexibility index (Phi) is 8.57. The number of rotatable bonds is 11. The maximum Gasteiger partial charge on any atom is 0.235 e. The lowest BCUT2D eigenvalue weighted by Gasteiger charge is -2.21. The van der Waals surface area contributed by atoms with Crippen molar-refractivity contribution < 1.29 is 14.2 Å². The Morgan fingerprint density at radius 3 is 2.42 bits per heavy atom. The summed E-state index contributed by atoms with van der Waals surface area (Å²) in [4.78, 5) is 13.1. The molecule has 4 rings (SSSR count). The van der Waals surface area contributed by atoms with Crippen LogP contribution in [0.1, 0.15) is 24.4 Å². The number of halogens is 1. The van der Waals surface area contributed by atoms with Crippen LogP contribution in [-0.2, 0) is 11.3 Å². The van der Waals surface area contributed by atoms with Crippen LogP contribution < -0.4 is 14.2 Å². The van der Waals surface area contributed by atoms with Crippen LogP contribution in [0.3, 0.4) is 0 Å². The minimum Gasteiger partial charge on any atom is -0.497 e. The van der Waals surface area contributed by atoms with Crippen molar-refractivity contribution in [3.63, 3.8) is 0 Å². The van der Waals surface area contributed by atoms with Gasteiger partial charge in [-0.2, -0.15) is 0 Å². The summed E-state index contributed by atoms with van der Waals surface area (Å²) in [5.41, 5.74) is 1.69. The molecule has 12 heteroatoms. The number of pyridine rings is 1. The first-order chi connectivity index (χ1) is 17.5. The van der Waals surface area contributed by atoms with Crippen molar-refractivity contribution in [3.05, 3.63) is 71.3 Å². The quantitative estimate of drug-likeness (QED) is 0.276. The SMILES string of the molecule is COc1ccc(Cn2c(NS[C@@H](C)C(OC)c3ncc(Cl)cn3)nnc2-c2cccc(OC)n2)cc1. The van der Waals surface area contributed by atoms with Crippen molar-refractivity contribution in [1.82, 2.24) is 29.7 Å². The van der Waals surface area contributed by atoms with Gasteiger partial charge in [-0.1, -0.05) is 29.8 Å². The van der Waals surface area contributed by atoms with Crippen molar-refractivity contribution in [2.24, 2.45) is 0 Å². The summed E-state index contributed by atoms with van der Waals surface area (Å²) in [6.07, 6.45) is 2.75. The molecule has 2 atom stereocenters. The summed E-state index contributed by atoms with van der Waals surface area (Å²) in [6.45, 7) is 2.52. The topological polar surface area (TPSA) is 109 Å². The van der Waals surface area contributed by atoms with Crippen molar-refractivity contribution in [2.75, 3.05) is 26.1 Å². The Hall–Kier alpha value is -3.41. The van der Waals surface area contributed by atoms with E-state index in [1.807, 2.05) is 47.9 Å². The molecular weight excluding hydrogens is 502 g/mol. The number of anilines is 1. The van der Waals surface area contributed by atoms with Gasteiger partial charge in [-0.15, -0.1) is 10.2 Å². The highest BCUT2D eigenvalue weighted by Gasteiger charge is 2.24. The molecule has 0 radical (unpaired) electrons. The van der Waals surface area contributed by atoms with Gasteiger partial charge in [0.2, 0.25) is 11.8 Å². The van der Waals surface area contributed by atoms with E-state index in [0.29, 0.717) is 40.7 Å². The van der Waals surface area contributed by atoms with Crippen LogP contribution in [0.2, 0.25) is 5.02 Å². The van der Waals surface area contributed by atoms with Crippen molar-refractivity contribution in [2.45, 2.75) is 24.8 Å². The summed E-state index contributed by atoms with van der Waals surface area (Å²) in [5.74, 6) is 2.99. The lowest BCUT2D eigenvalue weighted by atomic mass is 10.2. The second kappa shape index (κ2) is 12.0. The molecule has 1 N–H and O–H groups in total. The van der Waals surface area contributed by atoms with Crippen molar-refractivity contribution in [1.29, 1.82) is 0 Å². The number of hydrogen-bond acceptors (Lipinski definition) is 10. The van der Waals surface area contributed by atoms with Gasteiger partial charge in [0, 0.05) is 25.6 Å². The molecule has 10 nitrogen and oxygen atoms in total. The number of nitrogens with zero attached hydrogens (tertiary/aromatic N) is 6. The minimum atomic E-state index is -0.364. The van der Waals surface area contributed by atoms with Crippen LogP contribution in [0.25, 0.3) is 11.5 Å². The van der Waals surface area contributed by atoms with Crippen LogP contribution in [0, 0.1) is 0 Å². The number of hydrogen-bond donors (Lipinski definition) is 1. The molecule has 188 valence electrons. The van der Waals surface area contributed by atoms with E-state index in [-0.39, 0.29) is 11.4 Å². The third kappa shape index (κ3) is 6.04. The Morgan fingerprint density at radius 2 is 1.75 bits per heavy atom. The van der Waals surface area contributed by atoms with Gasteiger partial charge in [0.1, 0.15) is 17.5 Å². The number of ether oxygens (including phenoxy) is 3. The third-order valence-electron chi connectivity index (χ3n) is 5.32. The molecule has 0 bridgehead atoms. The lowest BCUT2D eigenvalue weighted by Crippen LogP contribution is -2.19. The zero-order valence-electron chi connectivity index (χ0n) is 20.3. The summed E-state index contributed by atoms with van der Waals surface area (Å²) < 4.78 is 21.5. The Bertz CT molecular complexity index is 1270. The lowest BCUT2D eigenvalue weighted by molar-refractivity contribution is 0.0972. The summed E-state index contributed by atoms with van der Waals surface area (Å²) in [5, 5.41) is 9.23. The zero-order chi connectivity index (χ0) is 25.5. The van der Waals surface area contributed by atoms with Gasteiger partial charge in [0.25, 0.3) is 0 Å². The second-order valence-electron chi connectivity index (χ2n) is 7.69. The van der Waals surface area contributed by atoms with Gasteiger partial charge in [0.05, 0.1) is 31.0 Å². The van der Waals surface area contributed by atoms with Gasteiger partial charge in [-0.3, -0.25) is 9.29 Å². The largest absolute Gasteiger partial charge is 0.497 e. The first kappa shape index (κ1) is 25.7. The van der Waals surface area contributed by atoms with E-state index in [2.05, 4.69) is 29.9 Å². The molecule has 0 saturated carbocycles. The molecule has 4 aromatic rings. The van der Waals surface area contributed by atoms with E-state index in [9.17, 15) is 0 Å². The van der Waals surface area contributed by atoms with Gasteiger partial charge >= 0.3 is 0 Å². The second-order valence-corrected chi connectivity index (χ2v) is 9.31. The summed E-state index contributed by atoms with van der Waals surface area (Å²) in [7, 11) is 4.85. The molecule has 0 saturated heterocycles. The number of methoxy groups -OCH3 is 3. The number of aromatic nitrogens is 6. The van der Waals surface area contributed by atoms with Crippen LogP contribution in [0.4, 0.5) is 5.95 Å². The van der Waals surface area contributed by atoms with Crippen molar-refractivity contribution in [3.8, 4) is 23.1 Å². The molecular formula is C24H26ClN7O3S. The first-order valence-corrected chi connectivity index (χ1v) is 12.3. The highest BCUT2D eigenvalue weighted by atomic mass is 35.5. The van der Waals surface area contributed by atoms with Crippen LogP contribution in [-0.4, -0.2) is 56.3 Å². The fourth-order valence-corrected chi connectivity index (χ4v) is 4.36. The van der Waals surface area contributed by atoms with Gasteiger partial charge in [-0.05, 0) is 42.6 Å². The Morgan fingerprint density at radius 1 is 1.00 bits per heavy atom. The van der Waals surface area contributed by atoms with E-state index in [4.69, 9.17) is 25.8 Å². The monoisotopic (exact) mass is 527 g/mol. The number of nitrogens with one attached hydrogen (secondary N) is 1. The molecule has 0 aliphatic rings. The summed E-state index contributed by atoms with van der Waals surface area (Å²) in [6, 6.07) is 13.4. The van der Waals surface area contributed by atoms with Crippen LogP contribution in [0.15, 0.2) is 54.9 Å². The standard InChI is InChI=1S/C24H26ClN7O3S/c1-15(21(35-4)22-26-12-17(25)13-27-22)36-31-24-30-29-23(19-6-5-7-20(28-19)34-3)32(24)14-16-8-10-18(33-2)11-9-16/h5-13,15,21H,14H2,1-4H3,(H,30,31)/t15-,21?/m0/s1. The Balaban J connectivity index is 1.60. The molecule has 3 aromatic heterocycles. The van der Waals surface area contributed by atoms with Gasteiger partial charge in [0.15, 0.2) is 11.6 Å². The van der Waals surface area contributed by atoms with Crippen molar-refractivity contribution >= 4 is 29.5 Å². The van der Waals surface area contributed by atoms with Crippen LogP contribution >= 0.6 is 23.5 Å². The fraction of sp³-hybridized carbons (Fsp3) is 0.292. The smallest absolute Gasteiger partial charge is 0.235 e. The predicted octanol–water partition coefficient (Wildman–Crippen LogP) is 4.69. The van der Waals surface area contributed by atoms with Crippen LogP contribution in [0.5, 0.6) is 11.6 Å². The molecule has 36 heavy (non-hydrogen) atoms. The highest BCUT2D eigenvalue weighted by Crippen LogP contribution is 2.30. The molecule has 0 fully saturated rings. The van der Waals surface area contributed by atoms with Gasteiger partial charge < -0.3 is 14.2 Å². The maximum atomic E-state index is 5.93. The van der Waals surface area contributed by atoms with E-state index < -0.39 is 0 Å². The Labute approximate surface area is 218 Å².